The van der Waals surface area contributed by atoms with Crippen molar-refractivity contribution in [3.63, 3.8) is 0 Å². The number of piperidine rings is 2. The Bertz CT molecular complexity index is 740. The Morgan fingerprint density at radius 3 is 2.39 bits per heavy atom. The number of carbonyl (C=O) groups excluding carboxylic acids is 1. The molecule has 3 aliphatic rings. The third kappa shape index (κ3) is 5.94. The van der Waals surface area contributed by atoms with E-state index in [0.29, 0.717) is 18.1 Å². The summed E-state index contributed by atoms with van der Waals surface area (Å²) in [7, 11) is 0. The summed E-state index contributed by atoms with van der Waals surface area (Å²) in [5.74, 6) is 0. The molecular weight excluding hydrogens is 410 g/mol. The summed E-state index contributed by atoms with van der Waals surface area (Å²) in [5, 5.41) is 0.801. The van der Waals surface area contributed by atoms with E-state index in [-0.39, 0.29) is 6.09 Å². The second-order valence-electron chi connectivity index (χ2n) is 10.5. The highest BCUT2D eigenvalue weighted by molar-refractivity contribution is 6.30. The van der Waals surface area contributed by atoms with Gasteiger partial charge in [0.15, 0.2) is 0 Å². The first-order valence-electron chi connectivity index (χ1n) is 12.0. The third-order valence-electron chi connectivity index (χ3n) is 7.05. The van der Waals surface area contributed by atoms with Gasteiger partial charge >= 0.3 is 6.09 Å². The van der Waals surface area contributed by atoms with Crippen LogP contribution in [-0.4, -0.2) is 77.2 Å². The molecule has 0 N–H and O–H groups in total. The van der Waals surface area contributed by atoms with Crippen LogP contribution in [0.1, 0.15) is 58.4 Å². The van der Waals surface area contributed by atoms with Crippen LogP contribution in [0, 0.1) is 0 Å². The summed E-state index contributed by atoms with van der Waals surface area (Å²) in [6, 6.07) is 10.1. The van der Waals surface area contributed by atoms with E-state index in [1.165, 1.54) is 31.4 Å². The maximum absolute atomic E-state index is 12.5. The Labute approximate surface area is 192 Å². The number of amides is 1. The molecule has 0 unspecified atom stereocenters. The summed E-state index contributed by atoms with van der Waals surface area (Å²) >= 11 is 6.11. The second-order valence-corrected chi connectivity index (χ2v) is 11.0. The fourth-order valence-electron chi connectivity index (χ4n) is 5.50. The Hall–Kier alpha value is -1.30. The molecule has 3 heterocycles. The van der Waals surface area contributed by atoms with E-state index < -0.39 is 5.60 Å². The lowest BCUT2D eigenvalue weighted by Gasteiger charge is -2.52. The van der Waals surface area contributed by atoms with Gasteiger partial charge < -0.3 is 9.64 Å². The van der Waals surface area contributed by atoms with Gasteiger partial charge in [0.2, 0.25) is 0 Å². The molecule has 6 heteroatoms. The van der Waals surface area contributed by atoms with E-state index >= 15 is 0 Å². The van der Waals surface area contributed by atoms with Crippen LogP contribution in [0.15, 0.2) is 24.3 Å². The van der Waals surface area contributed by atoms with Crippen molar-refractivity contribution in [3.05, 3.63) is 34.9 Å². The first-order chi connectivity index (χ1) is 14.8. The molecule has 31 heavy (non-hydrogen) atoms. The Balaban J connectivity index is 1.42. The molecule has 5 nitrogen and oxygen atoms in total. The highest BCUT2D eigenvalue weighted by Gasteiger charge is 2.39. The van der Waals surface area contributed by atoms with Gasteiger partial charge in [-0.05, 0) is 77.1 Å². The number of benzene rings is 1. The van der Waals surface area contributed by atoms with Crippen LogP contribution in [0.4, 0.5) is 4.79 Å². The first kappa shape index (κ1) is 22.9. The zero-order valence-corrected chi connectivity index (χ0v) is 20.1. The van der Waals surface area contributed by atoms with Gasteiger partial charge in [-0.3, -0.25) is 9.80 Å². The van der Waals surface area contributed by atoms with Gasteiger partial charge in [0.25, 0.3) is 0 Å². The summed E-state index contributed by atoms with van der Waals surface area (Å²) < 4.78 is 5.59. The Kier molecular flexibility index (Phi) is 7.14. The standard InChI is InChI=1S/C25H38ClN3O2/c1-25(2,3)31-24(30)27-14-11-21(12-15-27)29-18-22-6-4-5-13-28(22)17-23(29)16-19-7-9-20(26)10-8-19/h7-10,21-23H,4-6,11-18H2,1-3H3/t22-,23-/m0/s1. The molecule has 2 atom stereocenters. The van der Waals surface area contributed by atoms with Crippen molar-refractivity contribution in [3.8, 4) is 0 Å². The number of halogens is 1. The Morgan fingerprint density at radius 1 is 1.00 bits per heavy atom. The topological polar surface area (TPSA) is 36.0 Å². The molecule has 0 bridgehead atoms. The van der Waals surface area contributed by atoms with Crippen LogP contribution in [0.2, 0.25) is 5.02 Å². The molecule has 172 valence electrons. The molecule has 1 amide bonds. The fraction of sp³-hybridized carbons (Fsp3) is 0.720. The van der Waals surface area contributed by atoms with Gasteiger partial charge in [-0.25, -0.2) is 4.79 Å². The minimum atomic E-state index is -0.436. The third-order valence-corrected chi connectivity index (χ3v) is 7.31. The van der Waals surface area contributed by atoms with Crippen molar-refractivity contribution in [2.24, 2.45) is 0 Å². The van der Waals surface area contributed by atoms with E-state index in [1.54, 1.807) is 0 Å². The molecule has 0 radical (unpaired) electrons. The molecule has 0 aliphatic carbocycles. The van der Waals surface area contributed by atoms with Gasteiger partial charge in [-0.15, -0.1) is 0 Å². The summed E-state index contributed by atoms with van der Waals surface area (Å²) in [6.45, 7) is 10.9. The van der Waals surface area contributed by atoms with Crippen molar-refractivity contribution in [1.82, 2.24) is 14.7 Å². The normalized spacial score (nSPS) is 26.5. The molecule has 4 rings (SSSR count). The molecule has 3 aliphatic heterocycles. The molecule has 1 aromatic rings. The average Bonchev–Trinajstić information content (AvgIpc) is 2.74. The summed E-state index contributed by atoms with van der Waals surface area (Å²) in [4.78, 5) is 19.9. The number of piperazine rings is 1. The van der Waals surface area contributed by atoms with Crippen LogP contribution in [0.25, 0.3) is 0 Å². The van der Waals surface area contributed by atoms with Gasteiger partial charge in [0.05, 0.1) is 0 Å². The molecule has 1 aromatic carbocycles. The zero-order valence-electron chi connectivity index (χ0n) is 19.4. The molecule has 3 saturated heterocycles. The second kappa shape index (κ2) is 9.68. The molecule has 0 aromatic heterocycles. The van der Waals surface area contributed by atoms with Gasteiger partial charge in [-0.2, -0.15) is 0 Å². The lowest BCUT2D eigenvalue weighted by molar-refractivity contribution is -0.0320. The minimum absolute atomic E-state index is 0.166. The highest BCUT2D eigenvalue weighted by Crippen LogP contribution is 2.30. The quantitative estimate of drug-likeness (QED) is 0.665. The van der Waals surface area contributed by atoms with Crippen LogP contribution >= 0.6 is 11.6 Å². The van der Waals surface area contributed by atoms with E-state index in [2.05, 4.69) is 21.9 Å². The largest absolute Gasteiger partial charge is 0.444 e. The monoisotopic (exact) mass is 447 g/mol. The average molecular weight is 448 g/mol. The first-order valence-corrected chi connectivity index (χ1v) is 12.4. The molecular formula is C25H38ClN3O2. The zero-order chi connectivity index (χ0) is 22.0. The SMILES string of the molecule is CC(C)(C)OC(=O)N1CCC(N2C[C@@H]3CCCCN3C[C@@H]2Cc2ccc(Cl)cc2)CC1. The lowest BCUT2D eigenvalue weighted by atomic mass is 9.90. The lowest BCUT2D eigenvalue weighted by Crippen LogP contribution is -2.63. The summed E-state index contributed by atoms with van der Waals surface area (Å²) in [6.07, 6.45) is 6.97. The van der Waals surface area contributed by atoms with Crippen molar-refractivity contribution >= 4 is 17.7 Å². The predicted octanol–water partition coefficient (Wildman–Crippen LogP) is 4.82. The molecule has 3 fully saturated rings. The highest BCUT2D eigenvalue weighted by atomic mass is 35.5. The fourth-order valence-corrected chi connectivity index (χ4v) is 5.63. The predicted molar refractivity (Wildman–Crippen MR) is 126 cm³/mol. The van der Waals surface area contributed by atoms with Crippen molar-refractivity contribution in [2.45, 2.75) is 83.0 Å². The number of nitrogens with zero attached hydrogens (tertiary/aromatic N) is 3. The number of likely N-dealkylation sites (tertiary alicyclic amines) is 1. The Morgan fingerprint density at radius 2 is 1.71 bits per heavy atom. The number of fused-ring (bicyclic) bond motifs is 1. The van der Waals surface area contributed by atoms with Crippen LogP contribution in [0.5, 0.6) is 0 Å². The van der Waals surface area contributed by atoms with Crippen LogP contribution < -0.4 is 0 Å². The van der Waals surface area contributed by atoms with Crippen LogP contribution in [-0.2, 0) is 11.2 Å². The number of hydrogen-bond donors (Lipinski definition) is 0. The number of ether oxygens (including phenoxy) is 1. The maximum atomic E-state index is 12.5. The molecule has 0 spiro atoms. The van der Waals surface area contributed by atoms with E-state index in [9.17, 15) is 4.79 Å². The molecule has 0 saturated carbocycles. The van der Waals surface area contributed by atoms with Crippen molar-refractivity contribution < 1.29 is 9.53 Å². The smallest absolute Gasteiger partial charge is 0.410 e. The number of hydrogen-bond acceptors (Lipinski definition) is 4. The van der Waals surface area contributed by atoms with Gasteiger partial charge in [0.1, 0.15) is 5.60 Å². The minimum Gasteiger partial charge on any atom is -0.444 e. The maximum Gasteiger partial charge on any atom is 0.410 e. The summed E-state index contributed by atoms with van der Waals surface area (Å²) in [5.41, 5.74) is 0.926. The number of carbonyl (C=O) groups is 1. The van der Waals surface area contributed by atoms with E-state index in [0.717, 1.165) is 50.5 Å². The van der Waals surface area contributed by atoms with Gasteiger partial charge in [-0.1, -0.05) is 30.2 Å². The van der Waals surface area contributed by atoms with Crippen molar-refractivity contribution in [1.29, 1.82) is 0 Å². The van der Waals surface area contributed by atoms with E-state index in [4.69, 9.17) is 16.3 Å². The number of rotatable bonds is 3. The van der Waals surface area contributed by atoms with Gasteiger partial charge in [0, 0.05) is 49.3 Å². The van der Waals surface area contributed by atoms with Crippen molar-refractivity contribution in [2.75, 3.05) is 32.7 Å². The van der Waals surface area contributed by atoms with Crippen LogP contribution in [0.3, 0.4) is 0 Å². The van der Waals surface area contributed by atoms with E-state index in [1.807, 2.05) is 37.8 Å².